The molecule has 2 heterocycles. The highest BCUT2D eigenvalue weighted by molar-refractivity contribution is 6.05. The highest BCUT2D eigenvalue weighted by Gasteiger charge is 2.20. The van der Waals surface area contributed by atoms with Gasteiger partial charge in [0, 0.05) is 5.39 Å². The number of phenols is 1. The van der Waals surface area contributed by atoms with Crippen molar-refractivity contribution >= 4 is 21.7 Å². The summed E-state index contributed by atoms with van der Waals surface area (Å²) in [7, 11) is 0. The van der Waals surface area contributed by atoms with E-state index in [4.69, 9.17) is 4.42 Å². The van der Waals surface area contributed by atoms with E-state index in [1.807, 2.05) is 24.3 Å². The zero-order chi connectivity index (χ0) is 16.5. The monoisotopic (exact) mass is 324 g/mol. The van der Waals surface area contributed by atoms with E-state index in [1.165, 1.54) is 30.6 Å². The molecule has 0 aliphatic carbocycles. The molecule has 0 unspecified atom stereocenters. The second-order valence-electron chi connectivity index (χ2n) is 6.72. The fourth-order valence-electron chi connectivity index (χ4n) is 3.82. The first-order chi connectivity index (χ1) is 11.7. The average Bonchev–Trinajstić information content (AvgIpc) is 2.87. The Bertz CT molecular complexity index is 937. The number of fused-ring (bicyclic) bond motifs is 3. The summed E-state index contributed by atoms with van der Waals surface area (Å²) in [4.78, 5) is 13.8. The first kappa shape index (κ1) is 15.2. The number of quaternary nitrogens is 1. The second-order valence-corrected chi connectivity index (χ2v) is 6.72. The molecule has 3 aromatic rings. The summed E-state index contributed by atoms with van der Waals surface area (Å²) in [6, 6.07) is 11.1. The zero-order valence-electron chi connectivity index (χ0n) is 13.7. The van der Waals surface area contributed by atoms with Gasteiger partial charge >= 0.3 is 5.63 Å². The summed E-state index contributed by atoms with van der Waals surface area (Å²) in [6.45, 7) is 2.91. The van der Waals surface area contributed by atoms with Crippen molar-refractivity contribution in [2.75, 3.05) is 13.1 Å². The van der Waals surface area contributed by atoms with Gasteiger partial charge < -0.3 is 14.4 Å². The van der Waals surface area contributed by atoms with Crippen LogP contribution in [0.15, 0.2) is 45.6 Å². The van der Waals surface area contributed by atoms with Gasteiger partial charge in [-0.15, -0.1) is 0 Å². The highest BCUT2D eigenvalue weighted by Crippen LogP contribution is 2.30. The largest absolute Gasteiger partial charge is 0.507 e. The van der Waals surface area contributed by atoms with Gasteiger partial charge in [-0.3, -0.25) is 0 Å². The molecule has 2 N–H and O–H groups in total. The smallest absolute Gasteiger partial charge is 0.344 e. The summed E-state index contributed by atoms with van der Waals surface area (Å²) in [5.41, 5.74) is 0.957. The molecule has 1 aliphatic heterocycles. The van der Waals surface area contributed by atoms with Gasteiger partial charge in [0.05, 0.1) is 24.0 Å². The molecule has 24 heavy (non-hydrogen) atoms. The topological polar surface area (TPSA) is 54.9 Å². The molecule has 0 amide bonds. The van der Waals surface area contributed by atoms with E-state index in [9.17, 15) is 9.90 Å². The molecule has 0 spiro atoms. The Morgan fingerprint density at radius 3 is 2.38 bits per heavy atom. The summed E-state index contributed by atoms with van der Waals surface area (Å²) in [5, 5.41) is 12.8. The second kappa shape index (κ2) is 6.29. The summed E-state index contributed by atoms with van der Waals surface area (Å²) in [5.74, 6) is 0.220. The van der Waals surface area contributed by atoms with Crippen LogP contribution < -0.4 is 10.5 Å². The van der Waals surface area contributed by atoms with Gasteiger partial charge in [0.15, 0.2) is 5.58 Å². The van der Waals surface area contributed by atoms with Gasteiger partial charge in [0.2, 0.25) is 0 Å². The van der Waals surface area contributed by atoms with E-state index in [2.05, 4.69) is 0 Å². The van der Waals surface area contributed by atoms with Crippen LogP contribution in [0.25, 0.3) is 21.7 Å². The fraction of sp³-hybridized carbons (Fsp3) is 0.350. The van der Waals surface area contributed by atoms with Crippen LogP contribution >= 0.6 is 0 Å². The van der Waals surface area contributed by atoms with E-state index in [1.54, 1.807) is 12.1 Å². The molecule has 4 heteroatoms. The molecule has 4 rings (SSSR count). The van der Waals surface area contributed by atoms with Crippen molar-refractivity contribution in [2.24, 2.45) is 0 Å². The SMILES string of the molecule is O=c1oc2c(C[NH+]3CCCCCC3)c(O)ccc2c2ccccc12. The fourth-order valence-corrected chi connectivity index (χ4v) is 3.82. The van der Waals surface area contributed by atoms with E-state index in [-0.39, 0.29) is 11.4 Å². The minimum atomic E-state index is -0.337. The maximum Gasteiger partial charge on any atom is 0.344 e. The lowest BCUT2D eigenvalue weighted by molar-refractivity contribution is -0.913. The molecular formula is C20H22NO3+. The molecule has 0 saturated carbocycles. The zero-order valence-corrected chi connectivity index (χ0v) is 13.7. The third-order valence-corrected chi connectivity index (χ3v) is 5.11. The van der Waals surface area contributed by atoms with Crippen molar-refractivity contribution in [1.82, 2.24) is 0 Å². The number of nitrogens with one attached hydrogen (secondary N) is 1. The van der Waals surface area contributed by atoms with Gasteiger partial charge in [0.25, 0.3) is 0 Å². The van der Waals surface area contributed by atoms with Crippen LogP contribution in [-0.4, -0.2) is 18.2 Å². The number of hydrogen-bond donors (Lipinski definition) is 2. The number of phenolic OH excluding ortho intramolecular Hbond substituents is 1. The van der Waals surface area contributed by atoms with Crippen LogP contribution in [0.1, 0.15) is 31.2 Å². The summed E-state index contributed by atoms with van der Waals surface area (Å²) < 4.78 is 5.63. The number of hydrogen-bond acceptors (Lipinski definition) is 3. The Labute approximate surface area is 140 Å². The molecule has 1 aromatic heterocycles. The van der Waals surface area contributed by atoms with Crippen LogP contribution in [0.4, 0.5) is 0 Å². The van der Waals surface area contributed by atoms with Crippen molar-refractivity contribution in [3.8, 4) is 5.75 Å². The lowest BCUT2D eigenvalue weighted by Gasteiger charge is -2.18. The van der Waals surface area contributed by atoms with Crippen LogP contribution in [-0.2, 0) is 6.54 Å². The van der Waals surface area contributed by atoms with Crippen molar-refractivity contribution in [1.29, 1.82) is 0 Å². The third-order valence-electron chi connectivity index (χ3n) is 5.11. The van der Waals surface area contributed by atoms with Crippen molar-refractivity contribution in [3.63, 3.8) is 0 Å². The van der Waals surface area contributed by atoms with Crippen LogP contribution in [0, 0.1) is 0 Å². The minimum Gasteiger partial charge on any atom is -0.507 e. The predicted octanol–water partition coefficient (Wildman–Crippen LogP) is 2.61. The maximum atomic E-state index is 12.3. The third kappa shape index (κ3) is 2.67. The molecular weight excluding hydrogens is 302 g/mol. The average molecular weight is 324 g/mol. The standard InChI is InChI=1S/C20H21NO3/c22-18-10-9-15-14-7-3-4-8-16(14)20(23)24-19(15)17(18)13-21-11-5-1-2-6-12-21/h3-4,7-10,22H,1-2,5-6,11-13H2/p+1. The summed E-state index contributed by atoms with van der Waals surface area (Å²) in [6.07, 6.45) is 5.00. The molecule has 1 saturated heterocycles. The van der Waals surface area contributed by atoms with E-state index in [0.29, 0.717) is 17.5 Å². The molecule has 0 atom stereocenters. The normalized spacial score (nSPS) is 16.5. The maximum absolute atomic E-state index is 12.3. The van der Waals surface area contributed by atoms with Crippen LogP contribution in [0.3, 0.4) is 0 Å². The Balaban J connectivity index is 1.88. The highest BCUT2D eigenvalue weighted by atomic mass is 16.4. The first-order valence-electron chi connectivity index (χ1n) is 8.74. The Morgan fingerprint density at radius 2 is 1.62 bits per heavy atom. The molecule has 0 radical (unpaired) electrons. The Morgan fingerprint density at radius 1 is 0.917 bits per heavy atom. The number of aromatic hydroxyl groups is 1. The van der Waals surface area contributed by atoms with Gasteiger partial charge in [-0.05, 0) is 49.3 Å². The quantitative estimate of drug-likeness (QED) is 0.563. The van der Waals surface area contributed by atoms with E-state index in [0.717, 1.165) is 29.4 Å². The molecule has 0 bridgehead atoms. The Kier molecular flexibility index (Phi) is 3.98. The number of rotatable bonds is 2. The minimum absolute atomic E-state index is 0.220. The van der Waals surface area contributed by atoms with Crippen molar-refractivity contribution in [3.05, 3.63) is 52.4 Å². The lowest BCUT2D eigenvalue weighted by atomic mass is 10.0. The van der Waals surface area contributed by atoms with E-state index >= 15 is 0 Å². The molecule has 2 aromatic carbocycles. The Hall–Kier alpha value is -2.33. The molecule has 124 valence electrons. The van der Waals surface area contributed by atoms with Crippen LogP contribution in [0.2, 0.25) is 0 Å². The van der Waals surface area contributed by atoms with E-state index < -0.39 is 0 Å². The number of likely N-dealkylation sites (tertiary alicyclic amines) is 1. The lowest BCUT2D eigenvalue weighted by Crippen LogP contribution is -3.10. The van der Waals surface area contributed by atoms with Gasteiger partial charge in [-0.2, -0.15) is 0 Å². The van der Waals surface area contributed by atoms with Crippen molar-refractivity contribution in [2.45, 2.75) is 32.2 Å². The van der Waals surface area contributed by atoms with Crippen LogP contribution in [0.5, 0.6) is 5.75 Å². The summed E-state index contributed by atoms with van der Waals surface area (Å²) >= 11 is 0. The first-order valence-corrected chi connectivity index (χ1v) is 8.74. The molecule has 1 aliphatic rings. The predicted molar refractivity (Wildman–Crippen MR) is 94.5 cm³/mol. The van der Waals surface area contributed by atoms with Crippen molar-refractivity contribution < 1.29 is 14.4 Å². The molecule has 1 fully saturated rings. The molecule has 4 nitrogen and oxygen atoms in total. The number of benzene rings is 2. The van der Waals surface area contributed by atoms with Gasteiger partial charge in [-0.1, -0.05) is 18.2 Å². The van der Waals surface area contributed by atoms with Gasteiger partial charge in [0.1, 0.15) is 12.3 Å². The van der Waals surface area contributed by atoms with Gasteiger partial charge in [-0.25, -0.2) is 4.79 Å².